The van der Waals surface area contributed by atoms with Crippen LogP contribution in [0.25, 0.3) is 32.8 Å². The number of aromatic nitrogens is 2. The maximum atomic E-state index is 13.4. The number of fused-ring (bicyclic) bond motifs is 9. The lowest BCUT2D eigenvalue weighted by atomic mass is 9.64. The van der Waals surface area contributed by atoms with Crippen LogP contribution in [0.1, 0.15) is 67.4 Å². The van der Waals surface area contributed by atoms with Gasteiger partial charge in [0.2, 0.25) is 10.0 Å². The Balaban J connectivity index is 1.39. The highest BCUT2D eigenvalue weighted by atomic mass is 32.2. The summed E-state index contributed by atoms with van der Waals surface area (Å²) in [5.41, 5.74) is 5.33. The third-order valence-corrected chi connectivity index (χ3v) is 9.65. The van der Waals surface area contributed by atoms with Crippen LogP contribution < -0.4 is 9.46 Å². The summed E-state index contributed by atoms with van der Waals surface area (Å²) in [6, 6.07) is 20.2. The van der Waals surface area contributed by atoms with Gasteiger partial charge < -0.3 is 4.74 Å². The van der Waals surface area contributed by atoms with Crippen molar-refractivity contribution in [2.45, 2.75) is 51.6 Å². The second-order valence-corrected chi connectivity index (χ2v) is 14.3. The first kappa shape index (κ1) is 26.8. The molecule has 2 aliphatic rings. The lowest BCUT2D eigenvalue weighted by molar-refractivity contribution is -0.0115. The summed E-state index contributed by atoms with van der Waals surface area (Å²) in [4.78, 5) is 23.8. The molecule has 3 atom stereocenters. The van der Waals surface area contributed by atoms with Crippen molar-refractivity contribution in [3.63, 3.8) is 0 Å². The number of carbonyl (C=O) groups is 1. The zero-order valence-corrected chi connectivity index (χ0v) is 25.0. The quantitative estimate of drug-likeness (QED) is 0.137. The van der Waals surface area contributed by atoms with Gasteiger partial charge >= 0.3 is 0 Å². The second kappa shape index (κ2) is 9.49. The van der Waals surface area contributed by atoms with Gasteiger partial charge in [0.15, 0.2) is 5.78 Å². The van der Waals surface area contributed by atoms with Crippen molar-refractivity contribution in [1.82, 2.24) is 9.97 Å². The predicted molar refractivity (Wildman–Crippen MR) is 167 cm³/mol. The number of hydrogen-bond acceptors (Lipinski definition) is 6. The Morgan fingerprint density at radius 1 is 0.905 bits per heavy atom. The number of nitrogens with one attached hydrogen (secondary N) is 1. The standard InChI is InChI=1S/C34H33N3O4S/c1-19-9-15-26-25(17-19)29-31-30(23-7-5-6-8-24(23)33(29)41-34(26,2)3)35-27-16-12-21(18-28(27)36-31)32(38)20-10-13-22(14-11-20)37-42(4,39)40/h5-8,10-14,16,18-19,25-26,37H,9,15,17H2,1-4H3/t19-,25-,26-/m1/s1. The fourth-order valence-electron chi connectivity index (χ4n) is 7.11. The summed E-state index contributed by atoms with van der Waals surface area (Å²) < 4.78 is 32.4. The highest BCUT2D eigenvalue weighted by molar-refractivity contribution is 7.92. The Morgan fingerprint density at radius 3 is 2.33 bits per heavy atom. The van der Waals surface area contributed by atoms with Gasteiger partial charge in [-0.3, -0.25) is 9.52 Å². The average Bonchev–Trinajstić information content (AvgIpc) is 2.95. The van der Waals surface area contributed by atoms with Crippen molar-refractivity contribution in [1.29, 1.82) is 0 Å². The van der Waals surface area contributed by atoms with Gasteiger partial charge in [-0.1, -0.05) is 37.6 Å². The van der Waals surface area contributed by atoms with Crippen LogP contribution in [-0.4, -0.2) is 36.0 Å². The number of sulfonamides is 1. The van der Waals surface area contributed by atoms with E-state index in [0.29, 0.717) is 40.1 Å². The molecule has 4 aromatic carbocycles. The first-order chi connectivity index (χ1) is 20.0. The largest absolute Gasteiger partial charge is 0.487 e. The molecule has 1 aliphatic heterocycles. The Bertz CT molecular complexity index is 2020. The molecule has 7 nitrogen and oxygen atoms in total. The van der Waals surface area contributed by atoms with E-state index in [-0.39, 0.29) is 11.4 Å². The zero-order chi connectivity index (χ0) is 29.4. The van der Waals surface area contributed by atoms with Gasteiger partial charge in [-0.2, -0.15) is 0 Å². The van der Waals surface area contributed by atoms with Crippen LogP contribution in [0.2, 0.25) is 0 Å². The van der Waals surface area contributed by atoms with E-state index < -0.39 is 10.0 Å². The molecule has 0 saturated heterocycles. The second-order valence-electron chi connectivity index (χ2n) is 12.5. The van der Waals surface area contributed by atoms with Crippen LogP contribution in [0.15, 0.2) is 66.7 Å². The molecule has 42 heavy (non-hydrogen) atoms. The van der Waals surface area contributed by atoms with E-state index in [4.69, 9.17) is 14.7 Å². The van der Waals surface area contributed by atoms with Crippen molar-refractivity contribution >= 4 is 54.3 Å². The molecule has 1 N–H and O–H groups in total. The molecule has 1 aliphatic carbocycles. The molecule has 214 valence electrons. The maximum Gasteiger partial charge on any atom is 0.229 e. The number of rotatable bonds is 4. The Kier molecular flexibility index (Phi) is 6.06. The third kappa shape index (κ3) is 4.49. The number of hydrogen-bond donors (Lipinski definition) is 1. The topological polar surface area (TPSA) is 98.2 Å². The molecule has 0 spiro atoms. The summed E-state index contributed by atoms with van der Waals surface area (Å²) in [5.74, 6) is 2.07. The third-order valence-electron chi connectivity index (χ3n) is 9.04. The van der Waals surface area contributed by atoms with Crippen molar-refractivity contribution < 1.29 is 17.9 Å². The molecule has 0 unspecified atom stereocenters. The van der Waals surface area contributed by atoms with E-state index in [2.05, 4.69) is 43.7 Å². The van der Waals surface area contributed by atoms with Crippen LogP contribution in [0.3, 0.4) is 0 Å². The van der Waals surface area contributed by atoms with E-state index in [1.54, 1.807) is 30.3 Å². The molecule has 5 aromatic rings. The summed E-state index contributed by atoms with van der Waals surface area (Å²) in [5, 5.41) is 2.08. The predicted octanol–water partition coefficient (Wildman–Crippen LogP) is 7.23. The molecule has 7 rings (SSSR count). The first-order valence-corrected chi connectivity index (χ1v) is 16.4. The zero-order valence-electron chi connectivity index (χ0n) is 24.1. The van der Waals surface area contributed by atoms with E-state index in [1.807, 2.05) is 18.2 Å². The number of benzene rings is 4. The van der Waals surface area contributed by atoms with Gasteiger partial charge in [-0.15, -0.1) is 0 Å². The summed E-state index contributed by atoms with van der Waals surface area (Å²) >= 11 is 0. The van der Waals surface area contributed by atoms with Gasteiger partial charge in [0, 0.05) is 39.1 Å². The van der Waals surface area contributed by atoms with Crippen LogP contribution in [-0.2, 0) is 10.0 Å². The van der Waals surface area contributed by atoms with Gasteiger partial charge in [0.1, 0.15) is 11.4 Å². The lowest BCUT2D eigenvalue weighted by Crippen LogP contribution is -2.46. The minimum absolute atomic E-state index is 0.170. The molecular weight excluding hydrogens is 546 g/mol. The van der Waals surface area contributed by atoms with Crippen LogP contribution in [0.4, 0.5) is 5.69 Å². The van der Waals surface area contributed by atoms with E-state index in [9.17, 15) is 13.2 Å². The Morgan fingerprint density at radius 2 is 1.60 bits per heavy atom. The molecule has 0 amide bonds. The number of ketones is 1. The van der Waals surface area contributed by atoms with Crippen LogP contribution >= 0.6 is 0 Å². The molecule has 0 radical (unpaired) electrons. The number of carbonyl (C=O) groups excluding carboxylic acids is 1. The number of nitrogens with zero attached hydrogens (tertiary/aromatic N) is 2. The molecule has 1 saturated carbocycles. The van der Waals surface area contributed by atoms with Gasteiger partial charge in [0.05, 0.1) is 28.3 Å². The Hall–Kier alpha value is -4.04. The fourth-order valence-corrected chi connectivity index (χ4v) is 7.67. The molecule has 2 heterocycles. The van der Waals surface area contributed by atoms with Crippen LogP contribution in [0, 0.1) is 11.8 Å². The number of anilines is 1. The summed E-state index contributed by atoms with van der Waals surface area (Å²) in [6.07, 6.45) is 4.49. The minimum Gasteiger partial charge on any atom is -0.487 e. The van der Waals surface area contributed by atoms with Gasteiger partial charge in [-0.05, 0) is 81.0 Å². The molecule has 1 aromatic heterocycles. The smallest absolute Gasteiger partial charge is 0.229 e. The molecule has 1 fully saturated rings. The monoisotopic (exact) mass is 579 g/mol. The minimum atomic E-state index is -3.40. The Labute approximate surface area is 245 Å². The van der Waals surface area contributed by atoms with E-state index >= 15 is 0 Å². The highest BCUT2D eigenvalue weighted by Crippen LogP contribution is 2.56. The van der Waals surface area contributed by atoms with Gasteiger partial charge in [0.25, 0.3) is 0 Å². The molecule has 8 heteroatoms. The molecular formula is C34H33N3O4S. The van der Waals surface area contributed by atoms with Crippen molar-refractivity contribution in [3.05, 3.63) is 83.4 Å². The van der Waals surface area contributed by atoms with Crippen LogP contribution in [0.5, 0.6) is 5.75 Å². The first-order valence-electron chi connectivity index (χ1n) is 14.5. The average molecular weight is 580 g/mol. The van der Waals surface area contributed by atoms with Crippen molar-refractivity contribution in [3.8, 4) is 5.75 Å². The summed E-state index contributed by atoms with van der Waals surface area (Å²) in [7, 11) is -3.40. The summed E-state index contributed by atoms with van der Waals surface area (Å²) in [6.45, 7) is 6.77. The van der Waals surface area contributed by atoms with Crippen molar-refractivity contribution in [2.75, 3.05) is 11.0 Å². The SMILES string of the molecule is C[C@@H]1CC[C@@H]2[C@@H](C1)c1c(c3ccccc3c3nc4ccc(C(=O)c5ccc(NS(C)(=O)=O)cc5)cc4nc13)OC2(C)C. The number of ether oxygens (including phenoxy) is 1. The van der Waals surface area contributed by atoms with E-state index in [1.165, 1.54) is 6.42 Å². The fraction of sp³-hybridized carbons (Fsp3) is 0.324. The maximum absolute atomic E-state index is 13.4. The van der Waals surface area contributed by atoms with E-state index in [0.717, 1.165) is 57.7 Å². The highest BCUT2D eigenvalue weighted by Gasteiger charge is 2.47. The lowest BCUT2D eigenvalue weighted by Gasteiger charge is -2.49. The molecule has 0 bridgehead atoms. The van der Waals surface area contributed by atoms with Gasteiger partial charge in [-0.25, -0.2) is 18.4 Å². The van der Waals surface area contributed by atoms with Crippen molar-refractivity contribution in [2.24, 2.45) is 11.8 Å². The normalized spacial score (nSPS) is 21.5.